The zero-order valence-electron chi connectivity index (χ0n) is 16.0. The van der Waals surface area contributed by atoms with Gasteiger partial charge in [0.25, 0.3) is 0 Å². The van der Waals surface area contributed by atoms with Crippen LogP contribution in [0.1, 0.15) is 44.5 Å². The molecule has 0 aliphatic rings. The average molecular weight is 433 g/mol. The third kappa shape index (κ3) is 5.39. The normalized spacial score (nSPS) is 13.3. The van der Waals surface area contributed by atoms with Crippen LogP contribution in [0.25, 0.3) is 0 Å². The van der Waals surface area contributed by atoms with E-state index in [9.17, 15) is 9.59 Å². The van der Waals surface area contributed by atoms with Crippen molar-refractivity contribution < 1.29 is 14.3 Å². The number of rotatable bonds is 8. The third-order valence-electron chi connectivity index (χ3n) is 4.33. The first kappa shape index (κ1) is 21.1. The van der Waals surface area contributed by atoms with E-state index < -0.39 is 11.5 Å². The van der Waals surface area contributed by atoms with Gasteiger partial charge < -0.3 is 10.1 Å². The lowest BCUT2D eigenvalue weighted by Crippen LogP contribution is -2.54. The number of anilines is 1. The standard InChI is InChI=1S/C21H25BrN2O3/c1-14(2)21(20(26)27-15(3)4,24-18-9-7-17(22)8-10-18)12-19(25)16-6-5-11-23-13-16/h5-11,13-15,24H,12H2,1-4H3. The van der Waals surface area contributed by atoms with E-state index in [1.165, 1.54) is 6.20 Å². The van der Waals surface area contributed by atoms with E-state index >= 15 is 0 Å². The van der Waals surface area contributed by atoms with Gasteiger partial charge in [-0.15, -0.1) is 0 Å². The zero-order valence-corrected chi connectivity index (χ0v) is 17.6. The lowest BCUT2D eigenvalue weighted by atomic mass is 9.80. The molecule has 0 fully saturated rings. The molecule has 144 valence electrons. The first-order chi connectivity index (χ1) is 12.7. The zero-order chi connectivity index (χ0) is 20.0. The maximum absolute atomic E-state index is 13.1. The summed E-state index contributed by atoms with van der Waals surface area (Å²) in [5.74, 6) is -0.789. The van der Waals surface area contributed by atoms with E-state index in [1.54, 1.807) is 32.2 Å². The maximum Gasteiger partial charge on any atom is 0.332 e. The lowest BCUT2D eigenvalue weighted by Gasteiger charge is -2.37. The van der Waals surface area contributed by atoms with Gasteiger partial charge in [-0.2, -0.15) is 0 Å². The van der Waals surface area contributed by atoms with Crippen molar-refractivity contribution in [3.8, 4) is 0 Å². The van der Waals surface area contributed by atoms with E-state index in [4.69, 9.17) is 4.74 Å². The van der Waals surface area contributed by atoms with Crippen LogP contribution >= 0.6 is 15.9 Å². The number of carbonyl (C=O) groups is 2. The molecule has 27 heavy (non-hydrogen) atoms. The van der Waals surface area contributed by atoms with Crippen LogP contribution in [0.2, 0.25) is 0 Å². The van der Waals surface area contributed by atoms with E-state index in [0.29, 0.717) is 5.56 Å². The van der Waals surface area contributed by atoms with Gasteiger partial charge in [-0.3, -0.25) is 9.78 Å². The highest BCUT2D eigenvalue weighted by molar-refractivity contribution is 9.10. The number of ether oxygens (including phenoxy) is 1. The van der Waals surface area contributed by atoms with E-state index in [1.807, 2.05) is 38.1 Å². The summed E-state index contributed by atoms with van der Waals surface area (Å²) in [7, 11) is 0. The summed E-state index contributed by atoms with van der Waals surface area (Å²) in [5, 5.41) is 3.29. The highest BCUT2D eigenvalue weighted by Gasteiger charge is 2.45. The number of carbonyl (C=O) groups excluding carboxylic acids is 2. The Morgan fingerprint density at radius 1 is 1.15 bits per heavy atom. The molecule has 0 radical (unpaired) electrons. The van der Waals surface area contributed by atoms with Gasteiger partial charge in [-0.1, -0.05) is 29.8 Å². The number of Topliss-reactive ketones (excluding diaryl/α,β-unsaturated/α-hetero) is 1. The maximum atomic E-state index is 13.1. The molecule has 0 spiro atoms. The molecule has 6 heteroatoms. The molecule has 1 aromatic carbocycles. The van der Waals surface area contributed by atoms with Gasteiger partial charge in [0.1, 0.15) is 5.54 Å². The van der Waals surface area contributed by atoms with Crippen LogP contribution in [-0.2, 0) is 9.53 Å². The summed E-state index contributed by atoms with van der Waals surface area (Å²) < 4.78 is 6.46. The molecule has 1 atom stereocenters. The number of pyridine rings is 1. The molecule has 2 aromatic rings. The Balaban J connectivity index is 2.42. The number of ketones is 1. The number of hydrogen-bond donors (Lipinski definition) is 1. The van der Waals surface area contributed by atoms with Crippen LogP contribution in [0, 0.1) is 5.92 Å². The largest absolute Gasteiger partial charge is 0.461 e. The molecule has 1 N–H and O–H groups in total. The van der Waals surface area contributed by atoms with Crippen molar-refractivity contribution in [1.29, 1.82) is 0 Å². The second-order valence-electron chi connectivity index (χ2n) is 7.05. The number of benzene rings is 1. The number of esters is 1. The Morgan fingerprint density at radius 3 is 2.33 bits per heavy atom. The van der Waals surface area contributed by atoms with Gasteiger partial charge in [0.05, 0.1) is 6.10 Å². The minimum atomic E-state index is -1.19. The van der Waals surface area contributed by atoms with Crippen LogP contribution in [0.4, 0.5) is 5.69 Å². The quantitative estimate of drug-likeness (QED) is 0.475. The lowest BCUT2D eigenvalue weighted by molar-refractivity contribution is -0.154. The number of aromatic nitrogens is 1. The summed E-state index contributed by atoms with van der Waals surface area (Å²) in [6.07, 6.45) is 2.81. The fraction of sp³-hybridized carbons (Fsp3) is 0.381. The van der Waals surface area contributed by atoms with Crippen molar-refractivity contribution in [3.63, 3.8) is 0 Å². The first-order valence-corrected chi connectivity index (χ1v) is 9.72. The molecule has 1 heterocycles. The van der Waals surface area contributed by atoms with Crippen molar-refractivity contribution in [2.24, 2.45) is 5.92 Å². The van der Waals surface area contributed by atoms with Gasteiger partial charge in [0, 0.05) is 34.5 Å². The van der Waals surface area contributed by atoms with E-state index in [-0.39, 0.29) is 24.2 Å². The van der Waals surface area contributed by atoms with Crippen molar-refractivity contribution in [3.05, 3.63) is 58.8 Å². The van der Waals surface area contributed by atoms with Crippen LogP contribution in [0.5, 0.6) is 0 Å². The predicted octanol–water partition coefficient (Wildman–Crippen LogP) is 4.88. The topological polar surface area (TPSA) is 68.3 Å². The minimum absolute atomic E-state index is 0.0298. The Kier molecular flexibility index (Phi) is 7.13. The third-order valence-corrected chi connectivity index (χ3v) is 4.86. The van der Waals surface area contributed by atoms with Crippen molar-refractivity contribution >= 4 is 33.4 Å². The molecule has 1 aromatic heterocycles. The van der Waals surface area contributed by atoms with Gasteiger partial charge in [-0.05, 0) is 56.2 Å². The molecule has 0 amide bonds. The highest BCUT2D eigenvalue weighted by Crippen LogP contribution is 2.31. The SMILES string of the molecule is CC(C)OC(=O)C(CC(=O)c1cccnc1)(Nc1ccc(Br)cc1)C(C)C. The molecule has 2 rings (SSSR count). The van der Waals surface area contributed by atoms with Crippen LogP contribution in [0.3, 0.4) is 0 Å². The van der Waals surface area contributed by atoms with E-state index in [2.05, 4.69) is 26.2 Å². The van der Waals surface area contributed by atoms with Gasteiger partial charge in [-0.25, -0.2) is 4.79 Å². The Hall–Kier alpha value is -2.21. The molecule has 5 nitrogen and oxygen atoms in total. The molecule has 0 bridgehead atoms. The summed E-state index contributed by atoms with van der Waals surface area (Å²) in [5.41, 5.74) is 0.0226. The van der Waals surface area contributed by atoms with Crippen molar-refractivity contribution in [1.82, 2.24) is 4.98 Å². The molecular weight excluding hydrogens is 408 g/mol. The molecule has 1 unspecified atom stereocenters. The average Bonchev–Trinajstić information content (AvgIpc) is 2.62. The number of nitrogens with one attached hydrogen (secondary N) is 1. The van der Waals surface area contributed by atoms with Crippen molar-refractivity contribution in [2.75, 3.05) is 5.32 Å². The fourth-order valence-corrected chi connectivity index (χ4v) is 3.01. The first-order valence-electron chi connectivity index (χ1n) is 8.92. The minimum Gasteiger partial charge on any atom is -0.461 e. The Morgan fingerprint density at radius 2 is 1.81 bits per heavy atom. The van der Waals surface area contributed by atoms with E-state index in [0.717, 1.165) is 10.2 Å². The van der Waals surface area contributed by atoms with Gasteiger partial charge in [0.15, 0.2) is 5.78 Å². The predicted molar refractivity (Wildman–Crippen MR) is 110 cm³/mol. The molecule has 0 aliphatic heterocycles. The second kappa shape index (κ2) is 9.13. The molecule has 0 aliphatic carbocycles. The van der Waals surface area contributed by atoms with Crippen molar-refractivity contribution in [2.45, 2.75) is 45.8 Å². The summed E-state index contributed by atoms with van der Waals surface area (Å²) >= 11 is 3.41. The van der Waals surface area contributed by atoms with Crippen LogP contribution in [-0.4, -0.2) is 28.4 Å². The Labute approximate surface area is 168 Å². The molecule has 0 saturated heterocycles. The summed E-state index contributed by atoms with van der Waals surface area (Å²) in [4.78, 5) is 30.0. The van der Waals surface area contributed by atoms with Crippen LogP contribution < -0.4 is 5.32 Å². The van der Waals surface area contributed by atoms with Gasteiger partial charge in [0.2, 0.25) is 0 Å². The highest BCUT2D eigenvalue weighted by atomic mass is 79.9. The fourth-order valence-electron chi connectivity index (χ4n) is 2.74. The Bertz CT molecular complexity index is 776. The van der Waals surface area contributed by atoms with Gasteiger partial charge >= 0.3 is 5.97 Å². The molecule has 0 saturated carbocycles. The van der Waals surface area contributed by atoms with Crippen LogP contribution in [0.15, 0.2) is 53.3 Å². The molecular formula is C21H25BrN2O3. The monoisotopic (exact) mass is 432 g/mol. The number of hydrogen-bond acceptors (Lipinski definition) is 5. The summed E-state index contributed by atoms with van der Waals surface area (Å²) in [6, 6.07) is 10.9. The number of halogens is 1. The number of nitrogens with zero attached hydrogens (tertiary/aromatic N) is 1. The summed E-state index contributed by atoms with van der Waals surface area (Å²) in [6.45, 7) is 7.41. The second-order valence-corrected chi connectivity index (χ2v) is 7.97. The smallest absolute Gasteiger partial charge is 0.332 e.